The summed E-state index contributed by atoms with van der Waals surface area (Å²) < 4.78 is 15.5. The first-order valence-electron chi connectivity index (χ1n) is 6.47. The maximum Gasteiger partial charge on any atom is 0.344 e. The summed E-state index contributed by atoms with van der Waals surface area (Å²) in [4.78, 5) is 12.5. The Morgan fingerprint density at radius 2 is 2.35 bits per heavy atom. The normalized spacial score (nSPS) is 14.7. The summed E-state index contributed by atoms with van der Waals surface area (Å²) in [7, 11) is 1.77. The van der Waals surface area contributed by atoms with Gasteiger partial charge in [-0.05, 0) is 43.8 Å². The summed E-state index contributed by atoms with van der Waals surface area (Å²) in [5.41, 5.74) is 0.402. The second-order valence-corrected chi connectivity index (χ2v) is 5.77. The second kappa shape index (κ2) is 5.41. The molecule has 1 aliphatic carbocycles. The van der Waals surface area contributed by atoms with Gasteiger partial charge in [0.15, 0.2) is 5.16 Å². The van der Waals surface area contributed by atoms with Gasteiger partial charge in [0.05, 0.1) is 0 Å². The summed E-state index contributed by atoms with van der Waals surface area (Å²) in [5.74, 6) is -0.250. The summed E-state index contributed by atoms with van der Waals surface area (Å²) in [5, 5.41) is 10.1. The Hall–Kier alpha value is -1.60. The monoisotopic (exact) mass is 294 g/mol. The smallest absolute Gasteiger partial charge is 0.316 e. The van der Waals surface area contributed by atoms with E-state index in [1.165, 1.54) is 17.8 Å². The number of hydrogen-bond acceptors (Lipinski definition) is 4. The van der Waals surface area contributed by atoms with E-state index in [9.17, 15) is 9.18 Å². The molecule has 0 saturated heterocycles. The predicted octanol–water partition coefficient (Wildman–Crippen LogP) is 1.92. The zero-order valence-corrected chi connectivity index (χ0v) is 11.8. The molecule has 1 saturated carbocycles. The number of nitrogens with zero attached hydrogens (tertiary/aromatic N) is 2. The molecule has 0 spiro atoms. The highest BCUT2D eigenvalue weighted by Gasteiger charge is 2.29. The summed E-state index contributed by atoms with van der Waals surface area (Å²) in [6, 6.07) is 5.19. The zero-order chi connectivity index (χ0) is 14.1. The molecule has 5 nitrogen and oxygen atoms in total. The van der Waals surface area contributed by atoms with Crippen molar-refractivity contribution < 1.29 is 4.39 Å². The second-order valence-electron chi connectivity index (χ2n) is 4.76. The molecule has 106 valence electrons. The third kappa shape index (κ3) is 2.51. The van der Waals surface area contributed by atoms with Crippen molar-refractivity contribution in [1.82, 2.24) is 20.1 Å². The lowest BCUT2D eigenvalue weighted by molar-refractivity contribution is 0.593. The Morgan fingerprint density at radius 3 is 3.05 bits per heavy atom. The Balaban J connectivity index is 1.95. The number of benzene rings is 1. The molecule has 1 aromatic carbocycles. The predicted molar refractivity (Wildman–Crippen MR) is 74.4 cm³/mol. The minimum atomic E-state index is -0.250. The molecule has 1 aliphatic rings. The first-order valence-corrected chi connectivity index (χ1v) is 7.29. The molecule has 7 heteroatoms. The van der Waals surface area contributed by atoms with Crippen molar-refractivity contribution in [3.63, 3.8) is 0 Å². The van der Waals surface area contributed by atoms with Crippen LogP contribution in [0.4, 0.5) is 4.39 Å². The van der Waals surface area contributed by atoms with Crippen LogP contribution in [-0.4, -0.2) is 21.8 Å². The van der Waals surface area contributed by atoms with Crippen LogP contribution < -0.4 is 11.0 Å². The third-order valence-corrected chi connectivity index (χ3v) is 4.29. The Kier molecular flexibility index (Phi) is 3.62. The van der Waals surface area contributed by atoms with E-state index in [1.807, 2.05) is 6.07 Å². The number of hydrogen-bond donors (Lipinski definition) is 2. The van der Waals surface area contributed by atoms with Gasteiger partial charge in [-0.1, -0.05) is 6.07 Å². The van der Waals surface area contributed by atoms with Crippen molar-refractivity contribution in [3.05, 3.63) is 40.1 Å². The molecule has 0 bridgehead atoms. The van der Waals surface area contributed by atoms with Gasteiger partial charge >= 0.3 is 5.69 Å². The van der Waals surface area contributed by atoms with Crippen LogP contribution in [0, 0.1) is 5.82 Å². The van der Waals surface area contributed by atoms with E-state index in [0.29, 0.717) is 17.3 Å². The van der Waals surface area contributed by atoms with Crippen molar-refractivity contribution in [2.45, 2.75) is 35.5 Å². The number of H-pyrrole nitrogens is 1. The molecular weight excluding hydrogens is 279 g/mol. The van der Waals surface area contributed by atoms with Crippen molar-refractivity contribution in [1.29, 1.82) is 0 Å². The van der Waals surface area contributed by atoms with Crippen LogP contribution in [0.15, 0.2) is 33.0 Å². The van der Waals surface area contributed by atoms with Crippen molar-refractivity contribution >= 4 is 11.8 Å². The van der Waals surface area contributed by atoms with Crippen LogP contribution in [0.3, 0.4) is 0 Å². The van der Waals surface area contributed by atoms with Gasteiger partial charge in [-0.15, -0.1) is 5.10 Å². The molecule has 3 rings (SSSR count). The van der Waals surface area contributed by atoms with Gasteiger partial charge in [0.1, 0.15) is 5.82 Å². The lowest BCUT2D eigenvalue weighted by Crippen LogP contribution is -2.16. The van der Waals surface area contributed by atoms with Crippen LogP contribution in [0.2, 0.25) is 0 Å². The first kappa shape index (κ1) is 13.4. The van der Waals surface area contributed by atoms with E-state index in [0.717, 1.165) is 17.7 Å². The molecule has 0 atom stereocenters. The van der Waals surface area contributed by atoms with E-state index >= 15 is 0 Å². The number of rotatable bonds is 5. The number of aromatic nitrogens is 3. The average Bonchev–Trinajstić information content (AvgIpc) is 3.19. The standard InChI is InChI=1S/C13H15FN4OS/c1-15-7-9-10(14)3-2-4-11(9)20-13-17-16-12(19)18(13)8-5-6-8/h2-4,8,15H,5-7H2,1H3,(H,16,19). The van der Waals surface area contributed by atoms with Gasteiger partial charge < -0.3 is 5.32 Å². The molecule has 2 aromatic rings. The van der Waals surface area contributed by atoms with Crippen LogP contribution in [0.25, 0.3) is 0 Å². The van der Waals surface area contributed by atoms with Gasteiger partial charge in [-0.2, -0.15) is 0 Å². The van der Waals surface area contributed by atoms with E-state index in [-0.39, 0.29) is 17.5 Å². The number of nitrogens with one attached hydrogen (secondary N) is 2. The highest BCUT2D eigenvalue weighted by Crippen LogP contribution is 2.38. The van der Waals surface area contributed by atoms with Crippen LogP contribution in [0.1, 0.15) is 24.4 Å². The molecule has 0 amide bonds. The van der Waals surface area contributed by atoms with Gasteiger partial charge in [-0.3, -0.25) is 4.57 Å². The highest BCUT2D eigenvalue weighted by atomic mass is 32.2. The van der Waals surface area contributed by atoms with Crippen molar-refractivity contribution in [2.75, 3.05) is 7.05 Å². The van der Waals surface area contributed by atoms with E-state index in [2.05, 4.69) is 15.5 Å². The molecule has 0 aliphatic heterocycles. The molecular formula is C13H15FN4OS. The maximum atomic E-state index is 13.9. The number of halogens is 1. The largest absolute Gasteiger partial charge is 0.344 e. The zero-order valence-electron chi connectivity index (χ0n) is 11.0. The summed E-state index contributed by atoms with van der Waals surface area (Å²) in [6.45, 7) is 0.438. The first-order chi connectivity index (χ1) is 9.70. The van der Waals surface area contributed by atoms with E-state index in [4.69, 9.17) is 0 Å². The van der Waals surface area contributed by atoms with E-state index < -0.39 is 0 Å². The van der Waals surface area contributed by atoms with Gasteiger partial charge in [0, 0.05) is 23.0 Å². The molecule has 1 heterocycles. The fourth-order valence-corrected chi connectivity index (χ4v) is 3.16. The molecule has 1 aromatic heterocycles. The highest BCUT2D eigenvalue weighted by molar-refractivity contribution is 7.99. The average molecular weight is 294 g/mol. The minimum absolute atomic E-state index is 0.193. The molecule has 2 N–H and O–H groups in total. The van der Waals surface area contributed by atoms with Gasteiger partial charge in [0.2, 0.25) is 0 Å². The van der Waals surface area contributed by atoms with Crippen molar-refractivity contribution in [2.24, 2.45) is 0 Å². The maximum absolute atomic E-state index is 13.9. The Bertz CT molecular complexity index is 677. The minimum Gasteiger partial charge on any atom is -0.316 e. The lowest BCUT2D eigenvalue weighted by atomic mass is 10.2. The fraction of sp³-hybridized carbons (Fsp3) is 0.385. The van der Waals surface area contributed by atoms with Crippen molar-refractivity contribution in [3.8, 4) is 0 Å². The van der Waals surface area contributed by atoms with Crippen LogP contribution in [-0.2, 0) is 6.54 Å². The summed E-state index contributed by atoms with van der Waals surface area (Å²) >= 11 is 1.32. The third-order valence-electron chi connectivity index (χ3n) is 3.21. The summed E-state index contributed by atoms with van der Waals surface area (Å²) in [6.07, 6.45) is 2.00. The molecule has 0 radical (unpaired) electrons. The van der Waals surface area contributed by atoms with Crippen LogP contribution in [0.5, 0.6) is 0 Å². The Labute approximate surface area is 119 Å². The molecule has 20 heavy (non-hydrogen) atoms. The van der Waals surface area contributed by atoms with Crippen LogP contribution >= 0.6 is 11.8 Å². The number of aromatic amines is 1. The van der Waals surface area contributed by atoms with Gasteiger partial charge in [-0.25, -0.2) is 14.3 Å². The SMILES string of the molecule is CNCc1c(F)cccc1Sc1n[nH]c(=O)n1C1CC1. The molecule has 1 fully saturated rings. The topological polar surface area (TPSA) is 62.7 Å². The Morgan fingerprint density at radius 1 is 1.55 bits per heavy atom. The fourth-order valence-electron chi connectivity index (χ4n) is 2.10. The lowest BCUT2D eigenvalue weighted by Gasteiger charge is -2.09. The van der Waals surface area contributed by atoms with Gasteiger partial charge in [0.25, 0.3) is 0 Å². The quantitative estimate of drug-likeness (QED) is 0.884. The van der Waals surface area contributed by atoms with E-state index in [1.54, 1.807) is 17.7 Å². The molecule has 0 unspecified atom stereocenters.